The number of hydrogen-bond acceptors (Lipinski definition) is 2. The van der Waals surface area contributed by atoms with E-state index in [1.54, 1.807) is 0 Å². The summed E-state index contributed by atoms with van der Waals surface area (Å²) in [5.74, 6) is -0.0103. The van der Waals surface area contributed by atoms with Gasteiger partial charge in [0.2, 0.25) is 0 Å². The van der Waals surface area contributed by atoms with Crippen LogP contribution in [0.1, 0.15) is 10.4 Å². The van der Waals surface area contributed by atoms with Gasteiger partial charge in [0.05, 0.1) is 0 Å². The molecule has 2 N–H and O–H groups in total. The summed E-state index contributed by atoms with van der Waals surface area (Å²) in [5.41, 5.74) is 2.72. The second kappa shape index (κ2) is 2.73. The van der Waals surface area contributed by atoms with Gasteiger partial charge in [-0.3, -0.25) is 4.79 Å². The first-order valence-electron chi connectivity index (χ1n) is 4.86. The monoisotopic (exact) mass is 198 g/mol. The fourth-order valence-corrected chi connectivity index (χ4v) is 2.11. The summed E-state index contributed by atoms with van der Waals surface area (Å²) in [4.78, 5) is 11.6. The third-order valence-corrected chi connectivity index (χ3v) is 2.80. The molecule has 0 aromatic heterocycles. The van der Waals surface area contributed by atoms with Crippen molar-refractivity contribution in [3.8, 4) is 0 Å². The maximum atomic E-state index is 11.6. The zero-order valence-corrected chi connectivity index (χ0v) is 8.29. The molecule has 74 valence electrons. The molecule has 1 amide bonds. The lowest BCUT2D eigenvalue weighted by Crippen LogP contribution is -2.03. The molecule has 0 spiro atoms. The molecule has 0 bridgehead atoms. The van der Waals surface area contributed by atoms with E-state index in [0.29, 0.717) is 0 Å². The molecule has 2 aromatic rings. The highest BCUT2D eigenvalue weighted by atomic mass is 16.1. The first kappa shape index (κ1) is 8.29. The summed E-state index contributed by atoms with van der Waals surface area (Å²) in [6.45, 7) is 0. The third-order valence-electron chi connectivity index (χ3n) is 2.80. The van der Waals surface area contributed by atoms with E-state index in [0.717, 1.165) is 27.7 Å². The Morgan fingerprint density at radius 2 is 2.07 bits per heavy atom. The molecular formula is C12H10N2O. The molecule has 2 aromatic carbocycles. The number of hydrogen-bond donors (Lipinski definition) is 2. The largest absolute Gasteiger partial charge is 0.388 e. The standard InChI is InChI=1S/C12H10N2O/c1-13-9-5-6-10-11-7(9)3-2-4-8(11)12(15)14-10/h2-6,13H,1H3,(H,14,15). The van der Waals surface area contributed by atoms with Crippen molar-refractivity contribution in [2.75, 3.05) is 17.7 Å². The quantitative estimate of drug-likeness (QED) is 0.739. The summed E-state index contributed by atoms with van der Waals surface area (Å²) < 4.78 is 0. The van der Waals surface area contributed by atoms with Crippen LogP contribution in [0.4, 0.5) is 11.4 Å². The zero-order valence-electron chi connectivity index (χ0n) is 8.29. The number of nitrogens with one attached hydrogen (secondary N) is 2. The van der Waals surface area contributed by atoms with Gasteiger partial charge in [-0.15, -0.1) is 0 Å². The first-order valence-corrected chi connectivity index (χ1v) is 4.86. The number of carbonyl (C=O) groups excluding carboxylic acids is 1. The summed E-state index contributed by atoms with van der Waals surface area (Å²) >= 11 is 0. The van der Waals surface area contributed by atoms with Gasteiger partial charge in [-0.2, -0.15) is 0 Å². The van der Waals surface area contributed by atoms with Crippen molar-refractivity contribution in [3.05, 3.63) is 35.9 Å². The number of amides is 1. The second-order valence-electron chi connectivity index (χ2n) is 3.59. The lowest BCUT2D eigenvalue weighted by molar-refractivity contribution is 0.103. The van der Waals surface area contributed by atoms with E-state index >= 15 is 0 Å². The van der Waals surface area contributed by atoms with Crippen molar-refractivity contribution in [1.29, 1.82) is 0 Å². The molecule has 0 unspecified atom stereocenters. The topological polar surface area (TPSA) is 41.1 Å². The minimum atomic E-state index is -0.0103. The molecule has 15 heavy (non-hydrogen) atoms. The number of benzene rings is 2. The average Bonchev–Trinajstić information content (AvgIpc) is 2.59. The van der Waals surface area contributed by atoms with Gasteiger partial charge in [0.25, 0.3) is 5.91 Å². The van der Waals surface area contributed by atoms with Gasteiger partial charge in [-0.1, -0.05) is 12.1 Å². The molecule has 0 fully saturated rings. The van der Waals surface area contributed by atoms with Crippen LogP contribution in [0.25, 0.3) is 10.8 Å². The normalized spacial score (nSPS) is 13.0. The molecule has 0 radical (unpaired) electrons. The predicted octanol–water partition coefficient (Wildman–Crippen LogP) is 2.45. The van der Waals surface area contributed by atoms with E-state index in [1.165, 1.54) is 0 Å². The highest BCUT2D eigenvalue weighted by Crippen LogP contribution is 2.36. The van der Waals surface area contributed by atoms with Gasteiger partial charge in [0.15, 0.2) is 0 Å². The van der Waals surface area contributed by atoms with Crippen LogP contribution in [0.3, 0.4) is 0 Å². The van der Waals surface area contributed by atoms with Gasteiger partial charge in [-0.05, 0) is 18.2 Å². The Kier molecular flexibility index (Phi) is 1.51. The molecule has 0 aliphatic carbocycles. The summed E-state index contributed by atoms with van der Waals surface area (Å²) in [5, 5.41) is 8.09. The predicted molar refractivity (Wildman–Crippen MR) is 61.4 cm³/mol. The fraction of sp³-hybridized carbons (Fsp3) is 0.0833. The lowest BCUT2D eigenvalue weighted by atomic mass is 10.0. The van der Waals surface area contributed by atoms with Crippen molar-refractivity contribution in [2.24, 2.45) is 0 Å². The van der Waals surface area contributed by atoms with Gasteiger partial charge >= 0.3 is 0 Å². The van der Waals surface area contributed by atoms with Crippen molar-refractivity contribution in [2.45, 2.75) is 0 Å². The Bertz CT molecular complexity index is 575. The van der Waals surface area contributed by atoms with E-state index in [1.807, 2.05) is 37.4 Å². The van der Waals surface area contributed by atoms with E-state index < -0.39 is 0 Å². The van der Waals surface area contributed by atoms with Gasteiger partial charge in [0.1, 0.15) is 0 Å². The van der Waals surface area contributed by atoms with Crippen LogP contribution >= 0.6 is 0 Å². The third kappa shape index (κ3) is 0.973. The van der Waals surface area contributed by atoms with Crippen LogP contribution in [-0.2, 0) is 0 Å². The fourth-order valence-electron chi connectivity index (χ4n) is 2.11. The Morgan fingerprint density at radius 1 is 1.20 bits per heavy atom. The first-order chi connectivity index (χ1) is 7.31. The number of anilines is 2. The highest BCUT2D eigenvalue weighted by Gasteiger charge is 2.21. The van der Waals surface area contributed by atoms with Gasteiger partial charge < -0.3 is 10.6 Å². The molecule has 0 saturated carbocycles. The van der Waals surface area contributed by atoms with Crippen molar-refractivity contribution < 1.29 is 4.79 Å². The molecule has 3 heteroatoms. The van der Waals surface area contributed by atoms with Crippen molar-refractivity contribution in [3.63, 3.8) is 0 Å². The van der Waals surface area contributed by atoms with Gasteiger partial charge in [0, 0.05) is 34.8 Å². The highest BCUT2D eigenvalue weighted by molar-refractivity contribution is 6.25. The van der Waals surface area contributed by atoms with Crippen LogP contribution in [0.5, 0.6) is 0 Å². The van der Waals surface area contributed by atoms with E-state index in [2.05, 4.69) is 10.6 Å². The van der Waals surface area contributed by atoms with Crippen LogP contribution < -0.4 is 10.6 Å². The van der Waals surface area contributed by atoms with Crippen molar-refractivity contribution >= 4 is 28.1 Å². The summed E-state index contributed by atoms with van der Waals surface area (Å²) in [6.07, 6.45) is 0. The number of carbonyl (C=O) groups is 1. The molecule has 3 nitrogen and oxygen atoms in total. The Balaban J connectivity index is 2.50. The van der Waals surface area contributed by atoms with Crippen LogP contribution in [-0.4, -0.2) is 13.0 Å². The van der Waals surface area contributed by atoms with E-state index in [4.69, 9.17) is 0 Å². The minimum Gasteiger partial charge on any atom is -0.388 e. The molecular weight excluding hydrogens is 188 g/mol. The van der Waals surface area contributed by atoms with Crippen LogP contribution in [0.2, 0.25) is 0 Å². The average molecular weight is 198 g/mol. The summed E-state index contributed by atoms with van der Waals surface area (Å²) in [6, 6.07) is 9.70. The van der Waals surface area contributed by atoms with Gasteiger partial charge in [-0.25, -0.2) is 0 Å². The number of rotatable bonds is 1. The van der Waals surface area contributed by atoms with E-state index in [9.17, 15) is 4.79 Å². The maximum absolute atomic E-state index is 11.6. The Morgan fingerprint density at radius 3 is 2.87 bits per heavy atom. The molecule has 1 aliphatic rings. The summed E-state index contributed by atoms with van der Waals surface area (Å²) in [7, 11) is 1.88. The SMILES string of the molecule is CNc1ccc2c3c(cccc13)C(=O)N2. The van der Waals surface area contributed by atoms with E-state index in [-0.39, 0.29) is 5.91 Å². The lowest BCUT2D eigenvalue weighted by Gasteiger charge is -2.06. The molecule has 1 aliphatic heterocycles. The maximum Gasteiger partial charge on any atom is 0.256 e. The van der Waals surface area contributed by atoms with Crippen molar-refractivity contribution in [1.82, 2.24) is 0 Å². The molecule has 0 atom stereocenters. The molecule has 1 heterocycles. The Hall–Kier alpha value is -2.03. The van der Waals surface area contributed by atoms with Crippen LogP contribution in [0, 0.1) is 0 Å². The second-order valence-corrected chi connectivity index (χ2v) is 3.59. The Labute approximate surface area is 87.1 Å². The molecule has 3 rings (SSSR count). The van der Waals surface area contributed by atoms with Crippen LogP contribution in [0.15, 0.2) is 30.3 Å². The smallest absolute Gasteiger partial charge is 0.256 e. The molecule has 0 saturated heterocycles. The zero-order chi connectivity index (χ0) is 10.4. The minimum absolute atomic E-state index is 0.0103.